The van der Waals surface area contributed by atoms with Gasteiger partial charge in [-0.1, -0.05) is 0 Å². The molecule has 0 saturated heterocycles. The van der Waals surface area contributed by atoms with Gasteiger partial charge in [0.15, 0.2) is 17.2 Å². The Balaban J connectivity index is 2.66. The highest BCUT2D eigenvalue weighted by atomic mass is 79.9. The van der Waals surface area contributed by atoms with Crippen molar-refractivity contribution in [1.82, 2.24) is 15.4 Å². The predicted octanol–water partition coefficient (Wildman–Crippen LogP) is 3.28. The van der Waals surface area contributed by atoms with Gasteiger partial charge in [0.2, 0.25) is 0 Å². The molecule has 1 amide bonds. The van der Waals surface area contributed by atoms with Crippen LogP contribution in [0.5, 0.6) is 11.5 Å². The van der Waals surface area contributed by atoms with Crippen LogP contribution in [0.15, 0.2) is 15.0 Å². The molecule has 124 valence electrons. The van der Waals surface area contributed by atoms with Gasteiger partial charge in [-0.05, 0) is 58.7 Å². The summed E-state index contributed by atoms with van der Waals surface area (Å²) in [6.07, 6.45) is -0.0310. The van der Waals surface area contributed by atoms with Crippen LogP contribution in [0.4, 0.5) is 0 Å². The van der Waals surface area contributed by atoms with Crippen LogP contribution < -0.4 is 15.2 Å². The molecule has 1 aromatic heterocycles. The Bertz CT molecular complexity index is 731. The number of ether oxygens (including phenoxy) is 2. The number of benzene rings is 1. The molecule has 0 saturated carbocycles. The van der Waals surface area contributed by atoms with Crippen LogP contribution in [0.2, 0.25) is 0 Å². The number of amides is 1. The molecule has 0 aliphatic carbocycles. The summed E-state index contributed by atoms with van der Waals surface area (Å²) in [6.45, 7) is 6.18. The number of carbonyl (C=O) groups is 1. The Morgan fingerprint density at radius 2 is 2.04 bits per heavy atom. The van der Waals surface area contributed by atoms with Crippen molar-refractivity contribution >= 4 is 37.8 Å². The number of primary amides is 1. The average molecular weight is 448 g/mol. The van der Waals surface area contributed by atoms with Crippen LogP contribution >= 0.6 is 31.9 Å². The maximum atomic E-state index is 11.5. The third kappa shape index (κ3) is 3.66. The fourth-order valence-corrected chi connectivity index (χ4v) is 2.94. The number of carbonyl (C=O) groups excluding carboxylic acids is 1. The largest absolute Gasteiger partial charge is 0.490 e. The predicted molar refractivity (Wildman–Crippen MR) is 92.7 cm³/mol. The molecule has 0 spiro atoms. The number of aromatic amines is 1. The molecule has 1 heterocycles. The van der Waals surface area contributed by atoms with Crippen LogP contribution in [-0.4, -0.2) is 34.0 Å². The number of nitrogens with zero attached hydrogens (tertiary/aromatic N) is 2. The quantitative estimate of drug-likeness (QED) is 0.707. The summed E-state index contributed by atoms with van der Waals surface area (Å²) < 4.78 is 12.8. The Labute approximate surface area is 150 Å². The van der Waals surface area contributed by atoms with Gasteiger partial charge in [0.05, 0.1) is 17.2 Å². The second-order valence-corrected chi connectivity index (χ2v) is 6.45. The van der Waals surface area contributed by atoms with Gasteiger partial charge in [-0.2, -0.15) is 15.4 Å². The first-order valence-electron chi connectivity index (χ1n) is 6.89. The number of nitrogens with two attached hydrogens (primary N) is 1. The molecule has 0 aliphatic heterocycles. The first kappa shape index (κ1) is 17.7. The van der Waals surface area contributed by atoms with Crippen molar-refractivity contribution in [3.63, 3.8) is 0 Å². The second-order valence-electron chi connectivity index (χ2n) is 4.86. The van der Waals surface area contributed by atoms with Gasteiger partial charge in [0.1, 0.15) is 5.69 Å². The van der Waals surface area contributed by atoms with Crippen molar-refractivity contribution in [2.24, 2.45) is 5.73 Å². The van der Waals surface area contributed by atoms with E-state index in [1.807, 2.05) is 20.8 Å². The zero-order chi connectivity index (χ0) is 17.1. The lowest BCUT2D eigenvalue weighted by Crippen LogP contribution is -2.13. The summed E-state index contributed by atoms with van der Waals surface area (Å²) in [5.41, 5.74) is 6.33. The summed E-state index contributed by atoms with van der Waals surface area (Å²) in [4.78, 5) is 11.5. The van der Waals surface area contributed by atoms with Gasteiger partial charge in [0, 0.05) is 10.0 Å². The SMILES string of the molecule is CCOc1cc(-c2n[nH]nc2C(N)=O)c(Br)c(Br)c1OC(C)C. The van der Waals surface area contributed by atoms with Crippen LogP contribution in [0.3, 0.4) is 0 Å². The lowest BCUT2D eigenvalue weighted by Gasteiger charge is -2.18. The van der Waals surface area contributed by atoms with E-state index >= 15 is 0 Å². The maximum absolute atomic E-state index is 11.5. The minimum atomic E-state index is -0.669. The van der Waals surface area contributed by atoms with E-state index in [1.165, 1.54) is 0 Å². The highest BCUT2D eigenvalue weighted by Gasteiger charge is 2.24. The zero-order valence-electron chi connectivity index (χ0n) is 12.8. The van der Waals surface area contributed by atoms with Gasteiger partial charge in [-0.25, -0.2) is 0 Å². The summed E-state index contributed by atoms with van der Waals surface area (Å²) in [6, 6.07) is 1.74. The van der Waals surface area contributed by atoms with Crippen LogP contribution in [0.1, 0.15) is 31.3 Å². The third-order valence-corrected chi connectivity index (χ3v) is 4.93. The first-order valence-corrected chi connectivity index (χ1v) is 8.47. The molecule has 0 aliphatic rings. The number of aromatic nitrogens is 3. The molecule has 0 unspecified atom stereocenters. The fourth-order valence-electron chi connectivity index (χ4n) is 1.96. The average Bonchev–Trinajstić information content (AvgIpc) is 2.96. The lowest BCUT2D eigenvalue weighted by atomic mass is 10.1. The van der Waals surface area contributed by atoms with Crippen molar-refractivity contribution in [3.8, 4) is 22.8 Å². The molecule has 1 aromatic carbocycles. The number of hydrogen-bond donors (Lipinski definition) is 2. The first-order chi connectivity index (χ1) is 10.9. The summed E-state index contributed by atoms with van der Waals surface area (Å²) in [7, 11) is 0. The summed E-state index contributed by atoms with van der Waals surface area (Å²) >= 11 is 7.00. The lowest BCUT2D eigenvalue weighted by molar-refractivity contribution is 0.0996. The highest BCUT2D eigenvalue weighted by Crippen LogP contribution is 2.46. The number of hydrogen-bond acceptors (Lipinski definition) is 5. The molecule has 0 atom stereocenters. The van der Waals surface area contributed by atoms with Gasteiger partial charge < -0.3 is 15.2 Å². The topological polar surface area (TPSA) is 103 Å². The van der Waals surface area contributed by atoms with Crippen molar-refractivity contribution in [1.29, 1.82) is 0 Å². The van der Waals surface area contributed by atoms with Crippen LogP contribution in [-0.2, 0) is 0 Å². The number of nitrogens with one attached hydrogen (secondary N) is 1. The molecular formula is C14H16Br2N4O3. The molecule has 9 heteroatoms. The Morgan fingerprint density at radius 3 is 2.61 bits per heavy atom. The van der Waals surface area contributed by atoms with E-state index in [0.29, 0.717) is 38.3 Å². The van der Waals surface area contributed by atoms with E-state index < -0.39 is 5.91 Å². The number of halogens is 2. The van der Waals surface area contributed by atoms with Gasteiger partial charge in [0.25, 0.3) is 5.91 Å². The number of H-pyrrole nitrogens is 1. The van der Waals surface area contributed by atoms with E-state index in [0.717, 1.165) is 0 Å². The summed E-state index contributed by atoms with van der Waals surface area (Å²) in [5, 5.41) is 10.2. The van der Waals surface area contributed by atoms with E-state index in [9.17, 15) is 4.79 Å². The normalized spacial score (nSPS) is 10.9. The molecule has 0 bridgehead atoms. The standard InChI is InChI=1S/C14H16Br2N4O3/c1-4-22-8-5-7(11-12(14(17)21)19-20-18-11)9(15)10(16)13(8)23-6(2)3/h5-6H,4H2,1-3H3,(H2,17,21)(H,18,19,20). The molecule has 7 nitrogen and oxygen atoms in total. The van der Waals surface area contributed by atoms with E-state index in [-0.39, 0.29) is 11.8 Å². The number of rotatable bonds is 6. The maximum Gasteiger partial charge on any atom is 0.271 e. The minimum absolute atomic E-state index is 0.0310. The zero-order valence-corrected chi connectivity index (χ0v) is 16.0. The van der Waals surface area contributed by atoms with Crippen molar-refractivity contribution < 1.29 is 14.3 Å². The second kappa shape index (κ2) is 7.31. The molecule has 23 heavy (non-hydrogen) atoms. The van der Waals surface area contributed by atoms with Gasteiger partial charge in [-0.3, -0.25) is 4.79 Å². The Morgan fingerprint density at radius 1 is 1.35 bits per heavy atom. The van der Waals surface area contributed by atoms with Crippen LogP contribution in [0.25, 0.3) is 11.3 Å². The van der Waals surface area contributed by atoms with Gasteiger partial charge >= 0.3 is 0 Å². The molecule has 2 rings (SSSR count). The molecule has 0 radical (unpaired) electrons. The fraction of sp³-hybridized carbons (Fsp3) is 0.357. The van der Waals surface area contributed by atoms with E-state index in [2.05, 4.69) is 47.3 Å². The Kier molecular flexibility index (Phi) is 5.64. The molecule has 2 aromatic rings. The summed E-state index contributed by atoms with van der Waals surface area (Å²) in [5.74, 6) is 0.434. The van der Waals surface area contributed by atoms with Crippen molar-refractivity contribution in [2.75, 3.05) is 6.61 Å². The molecule has 0 fully saturated rings. The molecule has 3 N–H and O–H groups in total. The smallest absolute Gasteiger partial charge is 0.271 e. The monoisotopic (exact) mass is 446 g/mol. The van der Waals surface area contributed by atoms with Gasteiger partial charge in [-0.15, -0.1) is 0 Å². The third-order valence-electron chi connectivity index (χ3n) is 2.82. The van der Waals surface area contributed by atoms with Crippen LogP contribution in [0, 0.1) is 0 Å². The highest BCUT2D eigenvalue weighted by molar-refractivity contribution is 9.13. The van der Waals surface area contributed by atoms with E-state index in [1.54, 1.807) is 6.07 Å². The minimum Gasteiger partial charge on any atom is -0.490 e. The molecular weight excluding hydrogens is 432 g/mol. The van der Waals surface area contributed by atoms with E-state index in [4.69, 9.17) is 15.2 Å². The van der Waals surface area contributed by atoms with Crippen molar-refractivity contribution in [3.05, 3.63) is 20.7 Å². The Hall–Kier alpha value is -1.61. The van der Waals surface area contributed by atoms with Crippen molar-refractivity contribution in [2.45, 2.75) is 26.9 Å².